The molecule has 0 aliphatic heterocycles. The Morgan fingerprint density at radius 1 is 1.14 bits per heavy atom. The molecule has 2 rings (SSSR count). The Balaban J connectivity index is 1.77. The zero-order chi connectivity index (χ0) is 15.4. The van der Waals surface area contributed by atoms with Gasteiger partial charge < -0.3 is 9.47 Å². The average molecular weight is 300 g/mol. The van der Waals surface area contributed by atoms with Crippen molar-refractivity contribution in [1.29, 1.82) is 0 Å². The van der Waals surface area contributed by atoms with E-state index in [0.717, 1.165) is 5.56 Å². The van der Waals surface area contributed by atoms with Gasteiger partial charge in [-0.25, -0.2) is 4.39 Å². The average Bonchev–Trinajstić information content (AvgIpc) is 2.43. The van der Waals surface area contributed by atoms with Gasteiger partial charge in [0.2, 0.25) is 0 Å². The molecule has 0 aromatic heterocycles. The molecule has 1 saturated carbocycles. The third kappa shape index (κ3) is 3.77. The Morgan fingerprint density at radius 2 is 1.76 bits per heavy atom. The van der Waals surface area contributed by atoms with Crippen molar-refractivity contribution < 1.29 is 27.4 Å². The van der Waals surface area contributed by atoms with Crippen LogP contribution in [0.3, 0.4) is 0 Å². The van der Waals surface area contributed by atoms with Crippen LogP contribution in [0.15, 0.2) is 36.2 Å². The second-order valence-electron chi connectivity index (χ2n) is 4.93. The molecule has 0 radical (unpaired) electrons. The lowest BCUT2D eigenvalue weighted by atomic mass is 9.74. The highest BCUT2D eigenvalue weighted by atomic mass is 19.3. The number of hydrogen-bond acceptors (Lipinski definition) is 3. The number of carbonyl (C=O) groups excluding carboxylic acids is 1. The van der Waals surface area contributed by atoms with E-state index in [4.69, 9.17) is 9.47 Å². The largest absolute Gasteiger partial charge is 0.497 e. The van der Waals surface area contributed by atoms with Crippen molar-refractivity contribution >= 4 is 5.97 Å². The number of ether oxygens (including phenoxy) is 2. The van der Waals surface area contributed by atoms with Crippen LogP contribution in [-0.4, -0.2) is 13.1 Å². The number of hydrogen-bond donors (Lipinski definition) is 0. The van der Waals surface area contributed by atoms with Crippen LogP contribution in [0.1, 0.15) is 18.4 Å². The molecule has 0 spiro atoms. The van der Waals surface area contributed by atoms with Crippen LogP contribution in [0.4, 0.5) is 13.2 Å². The molecule has 0 amide bonds. The van der Waals surface area contributed by atoms with Gasteiger partial charge >= 0.3 is 12.0 Å². The monoisotopic (exact) mass is 300 g/mol. The van der Waals surface area contributed by atoms with Gasteiger partial charge in [-0.2, -0.15) is 8.78 Å². The summed E-state index contributed by atoms with van der Waals surface area (Å²) in [5, 5.41) is 0. The van der Waals surface area contributed by atoms with Gasteiger partial charge in [0.15, 0.2) is 5.83 Å². The molecule has 0 N–H and O–H groups in total. The summed E-state index contributed by atoms with van der Waals surface area (Å²) in [5.41, 5.74) is 0.793. The van der Waals surface area contributed by atoms with Crippen molar-refractivity contribution in [2.45, 2.75) is 19.4 Å². The topological polar surface area (TPSA) is 35.5 Å². The predicted octanol–water partition coefficient (Wildman–Crippen LogP) is 3.84. The molecule has 0 saturated heterocycles. The highest BCUT2D eigenvalue weighted by molar-refractivity contribution is 5.73. The van der Waals surface area contributed by atoms with Gasteiger partial charge in [-0.05, 0) is 30.5 Å². The lowest BCUT2D eigenvalue weighted by Crippen LogP contribution is -2.32. The van der Waals surface area contributed by atoms with Gasteiger partial charge in [-0.1, -0.05) is 12.1 Å². The van der Waals surface area contributed by atoms with Crippen molar-refractivity contribution in [3.8, 4) is 5.75 Å². The standard InChI is InChI=1S/C15H15F3O3/c1-20-12-4-2-9(3-5-12)8-21-15(19)11-6-10(7-11)13(16)14(17)18/h2-5,10-11H,6-8H2,1H3. The van der Waals surface area contributed by atoms with Crippen molar-refractivity contribution in [3.63, 3.8) is 0 Å². The first-order valence-corrected chi connectivity index (χ1v) is 6.51. The molecular weight excluding hydrogens is 285 g/mol. The molecule has 6 heteroatoms. The normalized spacial score (nSPS) is 20.4. The Hall–Kier alpha value is -1.98. The molecule has 1 aromatic carbocycles. The van der Waals surface area contributed by atoms with Gasteiger partial charge in [0.05, 0.1) is 13.0 Å². The minimum atomic E-state index is -2.30. The van der Waals surface area contributed by atoms with E-state index in [1.54, 1.807) is 31.4 Å². The summed E-state index contributed by atoms with van der Waals surface area (Å²) in [6, 6.07) is 7.01. The summed E-state index contributed by atoms with van der Waals surface area (Å²) in [6.45, 7) is 0.0970. The van der Waals surface area contributed by atoms with E-state index in [9.17, 15) is 18.0 Å². The van der Waals surface area contributed by atoms with E-state index in [0.29, 0.717) is 5.75 Å². The number of allylic oxidation sites excluding steroid dienone is 1. The molecule has 3 nitrogen and oxygen atoms in total. The summed E-state index contributed by atoms with van der Waals surface area (Å²) in [4.78, 5) is 11.7. The molecule has 1 aromatic rings. The number of halogens is 3. The maximum Gasteiger partial charge on any atom is 0.309 e. The van der Waals surface area contributed by atoms with Crippen molar-refractivity contribution in [2.24, 2.45) is 11.8 Å². The molecule has 1 aliphatic rings. The van der Waals surface area contributed by atoms with Crippen molar-refractivity contribution in [3.05, 3.63) is 41.7 Å². The van der Waals surface area contributed by atoms with E-state index in [2.05, 4.69) is 0 Å². The van der Waals surface area contributed by atoms with E-state index < -0.39 is 29.7 Å². The number of esters is 1. The first-order valence-electron chi connectivity index (χ1n) is 6.51. The van der Waals surface area contributed by atoms with Gasteiger partial charge in [-0.15, -0.1) is 0 Å². The van der Waals surface area contributed by atoms with Gasteiger partial charge in [-0.3, -0.25) is 4.79 Å². The predicted molar refractivity (Wildman–Crippen MR) is 69.4 cm³/mol. The third-order valence-corrected chi connectivity index (χ3v) is 3.55. The van der Waals surface area contributed by atoms with Gasteiger partial charge in [0.1, 0.15) is 12.4 Å². The van der Waals surface area contributed by atoms with Crippen LogP contribution in [0.2, 0.25) is 0 Å². The molecular formula is C15H15F3O3. The van der Waals surface area contributed by atoms with E-state index in [1.807, 2.05) is 0 Å². The first kappa shape index (κ1) is 15.4. The quantitative estimate of drug-likeness (QED) is 0.775. The van der Waals surface area contributed by atoms with Gasteiger partial charge in [0, 0.05) is 5.92 Å². The molecule has 0 bridgehead atoms. The first-order chi connectivity index (χ1) is 10.0. The molecule has 0 heterocycles. The zero-order valence-corrected chi connectivity index (χ0v) is 11.4. The number of carbonyl (C=O) groups is 1. The molecule has 1 aliphatic carbocycles. The minimum absolute atomic E-state index is 0.0740. The minimum Gasteiger partial charge on any atom is -0.497 e. The number of benzene rings is 1. The van der Waals surface area contributed by atoms with Crippen LogP contribution in [0.25, 0.3) is 0 Å². The van der Waals surface area contributed by atoms with E-state index in [-0.39, 0.29) is 19.4 Å². The van der Waals surface area contributed by atoms with Crippen LogP contribution in [-0.2, 0) is 16.1 Å². The number of rotatable bonds is 5. The Kier molecular flexibility index (Phi) is 4.88. The second-order valence-corrected chi connectivity index (χ2v) is 4.93. The highest BCUT2D eigenvalue weighted by Crippen LogP contribution is 2.41. The van der Waals surface area contributed by atoms with Crippen LogP contribution < -0.4 is 4.74 Å². The molecule has 0 atom stereocenters. The maximum atomic E-state index is 12.9. The maximum absolute atomic E-state index is 12.9. The van der Waals surface area contributed by atoms with Gasteiger partial charge in [0.25, 0.3) is 0 Å². The summed E-state index contributed by atoms with van der Waals surface area (Å²) in [5.74, 6) is -2.54. The molecule has 114 valence electrons. The fourth-order valence-corrected chi connectivity index (χ4v) is 2.17. The Bertz CT molecular complexity index is 530. The molecule has 1 fully saturated rings. The summed E-state index contributed by atoms with van der Waals surface area (Å²) >= 11 is 0. The zero-order valence-electron chi connectivity index (χ0n) is 11.4. The van der Waals surface area contributed by atoms with E-state index in [1.165, 1.54) is 0 Å². The second kappa shape index (κ2) is 6.65. The lowest BCUT2D eigenvalue weighted by molar-refractivity contribution is -0.154. The van der Waals surface area contributed by atoms with Crippen molar-refractivity contribution in [1.82, 2.24) is 0 Å². The Labute approximate surface area is 120 Å². The summed E-state index contributed by atoms with van der Waals surface area (Å²) in [7, 11) is 1.55. The van der Waals surface area contributed by atoms with Crippen LogP contribution in [0, 0.1) is 11.8 Å². The lowest BCUT2D eigenvalue weighted by Gasteiger charge is -2.31. The smallest absolute Gasteiger partial charge is 0.309 e. The van der Waals surface area contributed by atoms with Crippen molar-refractivity contribution in [2.75, 3.05) is 7.11 Å². The van der Waals surface area contributed by atoms with Crippen LogP contribution in [0.5, 0.6) is 5.75 Å². The molecule has 21 heavy (non-hydrogen) atoms. The fourth-order valence-electron chi connectivity index (χ4n) is 2.17. The highest BCUT2D eigenvalue weighted by Gasteiger charge is 2.39. The summed E-state index contributed by atoms with van der Waals surface area (Å²) in [6.07, 6.45) is -2.15. The fraction of sp³-hybridized carbons (Fsp3) is 0.400. The SMILES string of the molecule is COc1ccc(COC(=O)C2CC(C(F)=C(F)F)C2)cc1. The molecule has 0 unspecified atom stereocenters. The Morgan fingerprint density at radius 3 is 2.29 bits per heavy atom. The number of methoxy groups -OCH3 is 1. The van der Waals surface area contributed by atoms with E-state index >= 15 is 0 Å². The van der Waals surface area contributed by atoms with Crippen LogP contribution >= 0.6 is 0 Å². The third-order valence-electron chi connectivity index (χ3n) is 3.55. The summed E-state index contributed by atoms with van der Waals surface area (Å²) < 4.78 is 47.1.